The van der Waals surface area contributed by atoms with Crippen LogP contribution in [0.5, 0.6) is 5.75 Å². The zero-order valence-electron chi connectivity index (χ0n) is 33.8. The zero-order chi connectivity index (χ0) is 42.0. The van der Waals surface area contributed by atoms with E-state index in [0.29, 0.717) is 36.2 Å². The summed E-state index contributed by atoms with van der Waals surface area (Å²) in [7, 11) is 3.53. The number of nitrogens with one attached hydrogen (secondary N) is 2. The molecule has 3 aliphatic heterocycles. The van der Waals surface area contributed by atoms with Gasteiger partial charge >= 0.3 is 6.09 Å². The van der Waals surface area contributed by atoms with Crippen molar-refractivity contribution in [2.24, 2.45) is 5.92 Å². The van der Waals surface area contributed by atoms with E-state index >= 15 is 0 Å². The molecule has 4 amide bonds. The lowest BCUT2D eigenvalue weighted by molar-refractivity contribution is -0.258. The first kappa shape index (κ1) is 47.3. The smallest absolute Gasteiger partial charge is 0.426 e. The molecule has 2 N–H and O–H groups in total. The van der Waals surface area contributed by atoms with Gasteiger partial charge in [-0.05, 0) is 137 Å². The van der Waals surface area contributed by atoms with Crippen molar-refractivity contribution in [2.75, 3.05) is 71.8 Å². The van der Waals surface area contributed by atoms with Crippen molar-refractivity contribution >= 4 is 97.3 Å². The maximum Gasteiger partial charge on any atom is 0.426 e. The molecule has 3 fully saturated rings. The normalized spacial score (nSPS) is 21.8. The van der Waals surface area contributed by atoms with Gasteiger partial charge in [0.2, 0.25) is 5.91 Å². The summed E-state index contributed by atoms with van der Waals surface area (Å²) in [5.74, 6) is -4.46. The Hall–Kier alpha value is -1.39. The van der Waals surface area contributed by atoms with Crippen molar-refractivity contribution in [2.45, 2.75) is 97.5 Å². The quantitative estimate of drug-likeness (QED) is 0.171. The fraction of sp³-hybridized carbons (Fsp3) is 0.722. The SMILES string of the molecule is CN(COc1c(I)c(C(=O)N(C)CC2COC(C)(C)O2)c(I)c(N(CC(=O)NNC(=O)OC(C)(C)C)C(=O)C2COC(C)(C)OC2)c1I)CC1COC(C)(C)O1. The van der Waals surface area contributed by atoms with Crippen LogP contribution in [0.15, 0.2) is 0 Å². The van der Waals surface area contributed by atoms with Crippen molar-refractivity contribution in [1.29, 1.82) is 0 Å². The minimum absolute atomic E-state index is 0.0177. The lowest BCUT2D eigenvalue weighted by Gasteiger charge is -2.37. The average Bonchev–Trinajstić information content (AvgIpc) is 3.60. The Kier molecular flexibility index (Phi) is 16.0. The van der Waals surface area contributed by atoms with Crippen LogP contribution in [0.3, 0.4) is 0 Å². The van der Waals surface area contributed by atoms with Gasteiger partial charge in [0.25, 0.3) is 11.8 Å². The second-order valence-electron chi connectivity index (χ2n) is 16.2. The Morgan fingerprint density at radius 2 is 1.30 bits per heavy atom. The lowest BCUT2D eigenvalue weighted by atomic mass is 10.1. The Labute approximate surface area is 369 Å². The summed E-state index contributed by atoms with van der Waals surface area (Å²) >= 11 is 6.20. The monoisotopic (exact) mass is 1130 g/mol. The van der Waals surface area contributed by atoms with Gasteiger partial charge in [0.1, 0.15) is 25.0 Å². The minimum Gasteiger partial charge on any atom is -0.476 e. The maximum atomic E-state index is 14.6. The zero-order valence-corrected chi connectivity index (χ0v) is 40.2. The summed E-state index contributed by atoms with van der Waals surface area (Å²) in [4.78, 5) is 59.7. The number of carbonyl (C=O) groups excluding carboxylic acids is 4. The van der Waals surface area contributed by atoms with Crippen LogP contribution in [0, 0.1) is 16.6 Å². The van der Waals surface area contributed by atoms with Crippen LogP contribution in [0.2, 0.25) is 0 Å². The first-order chi connectivity index (χ1) is 25.8. The molecule has 316 valence electrons. The molecule has 2 atom stereocenters. The van der Waals surface area contributed by atoms with Crippen molar-refractivity contribution in [3.05, 3.63) is 16.3 Å². The van der Waals surface area contributed by atoms with Gasteiger partial charge in [-0.3, -0.25) is 24.7 Å². The molecule has 20 heteroatoms. The predicted octanol–water partition coefficient (Wildman–Crippen LogP) is 4.43. The van der Waals surface area contributed by atoms with Crippen molar-refractivity contribution < 1.29 is 57.1 Å². The van der Waals surface area contributed by atoms with Crippen LogP contribution in [0.1, 0.15) is 72.7 Å². The van der Waals surface area contributed by atoms with Gasteiger partial charge in [-0.1, -0.05) is 0 Å². The van der Waals surface area contributed by atoms with Crippen molar-refractivity contribution in [3.8, 4) is 5.75 Å². The van der Waals surface area contributed by atoms with Crippen LogP contribution in [-0.2, 0) is 42.7 Å². The highest BCUT2D eigenvalue weighted by molar-refractivity contribution is 14.1. The van der Waals surface area contributed by atoms with Gasteiger partial charge in [0.15, 0.2) is 23.1 Å². The Morgan fingerprint density at radius 1 is 0.768 bits per heavy atom. The predicted molar refractivity (Wildman–Crippen MR) is 229 cm³/mol. The molecule has 3 saturated heterocycles. The number of hydrazine groups is 1. The molecule has 0 saturated carbocycles. The summed E-state index contributed by atoms with van der Waals surface area (Å²) in [6.45, 7) is 16.9. The fourth-order valence-electron chi connectivity index (χ4n) is 5.97. The van der Waals surface area contributed by atoms with Crippen LogP contribution >= 0.6 is 67.8 Å². The van der Waals surface area contributed by atoms with E-state index in [2.05, 4.69) is 56.0 Å². The van der Waals surface area contributed by atoms with Gasteiger partial charge in [-0.25, -0.2) is 10.2 Å². The minimum atomic E-state index is -0.909. The summed E-state index contributed by atoms with van der Waals surface area (Å²) in [5.41, 5.74) is 4.28. The van der Waals surface area contributed by atoms with E-state index in [0.717, 1.165) is 0 Å². The molecule has 0 aliphatic carbocycles. The molecular weight excluding hydrogens is 1080 g/mol. The molecule has 4 rings (SSSR count). The molecule has 2 unspecified atom stereocenters. The highest BCUT2D eigenvalue weighted by atomic mass is 127. The third kappa shape index (κ3) is 13.1. The number of hydrogen-bond acceptors (Lipinski definition) is 13. The van der Waals surface area contributed by atoms with E-state index in [4.69, 9.17) is 37.9 Å². The molecule has 17 nitrogen and oxygen atoms in total. The van der Waals surface area contributed by atoms with Crippen molar-refractivity contribution in [1.82, 2.24) is 20.7 Å². The fourth-order valence-corrected chi connectivity index (χ4v) is 10.5. The third-order valence-electron chi connectivity index (χ3n) is 8.52. The van der Waals surface area contributed by atoms with Crippen LogP contribution < -0.4 is 20.5 Å². The van der Waals surface area contributed by atoms with Gasteiger partial charge in [0, 0.05) is 20.1 Å². The molecule has 0 spiro atoms. The number of halogens is 3. The number of carbonyl (C=O) groups is 4. The van der Waals surface area contributed by atoms with E-state index in [9.17, 15) is 19.2 Å². The van der Waals surface area contributed by atoms with Gasteiger partial charge in [-0.15, -0.1) is 0 Å². The second kappa shape index (κ2) is 18.9. The van der Waals surface area contributed by atoms with E-state index in [1.54, 1.807) is 41.7 Å². The Balaban J connectivity index is 1.74. The highest BCUT2D eigenvalue weighted by Gasteiger charge is 2.40. The first-order valence-electron chi connectivity index (χ1n) is 18.1. The molecule has 56 heavy (non-hydrogen) atoms. The average molecular weight is 1130 g/mol. The van der Waals surface area contributed by atoms with Crippen LogP contribution in [0.25, 0.3) is 0 Å². The van der Waals surface area contributed by atoms with E-state index in [-0.39, 0.29) is 55.9 Å². The molecule has 0 bridgehead atoms. The molecule has 0 radical (unpaired) electrons. The van der Waals surface area contributed by atoms with Gasteiger partial charge < -0.3 is 47.7 Å². The van der Waals surface area contributed by atoms with E-state index in [1.807, 2.05) is 62.2 Å². The topological polar surface area (TPSA) is 176 Å². The van der Waals surface area contributed by atoms with Gasteiger partial charge in [-0.2, -0.15) is 0 Å². The van der Waals surface area contributed by atoms with Gasteiger partial charge in [0.05, 0.1) is 60.4 Å². The number of ether oxygens (including phenoxy) is 8. The molecule has 3 heterocycles. The Morgan fingerprint density at radius 3 is 1.82 bits per heavy atom. The van der Waals surface area contributed by atoms with Crippen molar-refractivity contribution in [3.63, 3.8) is 0 Å². The highest BCUT2D eigenvalue weighted by Crippen LogP contribution is 2.43. The number of hydrogen-bond donors (Lipinski definition) is 2. The Bertz CT molecular complexity index is 1630. The second-order valence-corrected chi connectivity index (χ2v) is 19.4. The number of likely N-dealkylation sites (N-methyl/N-ethyl adjacent to an activating group) is 2. The molecule has 3 aliphatic rings. The lowest BCUT2D eigenvalue weighted by Crippen LogP contribution is -2.52. The van der Waals surface area contributed by atoms with Crippen LogP contribution in [-0.4, -0.2) is 136 Å². The maximum absolute atomic E-state index is 14.6. The number of amides is 4. The summed E-state index contributed by atoms with van der Waals surface area (Å²) < 4.78 is 48.3. The summed E-state index contributed by atoms with van der Waals surface area (Å²) in [6.07, 6.45) is -1.44. The first-order valence-corrected chi connectivity index (χ1v) is 21.3. The number of benzene rings is 1. The largest absolute Gasteiger partial charge is 0.476 e. The molecular formula is C36H54I3N5O12. The number of nitrogens with zero attached hydrogens (tertiary/aromatic N) is 3. The number of rotatable bonds is 12. The summed E-state index contributed by atoms with van der Waals surface area (Å²) in [6, 6.07) is 0. The number of anilines is 1. The molecule has 1 aromatic rings. The molecule has 0 aromatic heterocycles. The summed E-state index contributed by atoms with van der Waals surface area (Å²) in [5, 5.41) is 0. The molecule has 1 aromatic carbocycles. The van der Waals surface area contributed by atoms with E-state index < -0.39 is 53.3 Å². The third-order valence-corrected chi connectivity index (χ3v) is 11.6. The van der Waals surface area contributed by atoms with E-state index in [1.165, 1.54) is 9.80 Å². The van der Waals surface area contributed by atoms with Crippen LogP contribution in [0.4, 0.5) is 10.5 Å². The standard InChI is InChI=1S/C36H54I3N5O12/c1-33(2,3)56-32(48)41-40-23(45)14-44(30(46)20-15-50-34(4,5)51-16-20)28-25(37)24(31(47)43(11)13-22-18-53-36(8,9)55-22)26(38)29(27(28)39)49-19-42(10)12-21-17-52-35(6,7)54-21/h20-22H,12-19H2,1-11H3,(H,40,45)(H,41,48).